The van der Waals surface area contributed by atoms with Crippen LogP contribution in [0, 0.1) is 0 Å². The zero-order valence-electron chi connectivity index (χ0n) is 7.92. The zero-order chi connectivity index (χ0) is 9.10. The van der Waals surface area contributed by atoms with Gasteiger partial charge in [0.25, 0.3) is 0 Å². The zero-order valence-corrected chi connectivity index (χ0v) is 9.43. The Balaban J connectivity index is 0.000000980. The molecule has 0 saturated carbocycles. The third kappa shape index (κ3) is 2.73. The van der Waals surface area contributed by atoms with Gasteiger partial charge in [-0.25, -0.2) is 4.58 Å². The maximum absolute atomic E-state index is 6.04. The van der Waals surface area contributed by atoms with E-state index in [0.717, 1.165) is 10.6 Å². The lowest BCUT2D eigenvalue weighted by Gasteiger charge is -1.95. The summed E-state index contributed by atoms with van der Waals surface area (Å²) in [7, 11) is 0. The van der Waals surface area contributed by atoms with Crippen LogP contribution in [0.1, 0.15) is 18.4 Å². The average Bonchev–Trinajstić information content (AvgIpc) is 2.61. The number of hydrogen-bond acceptors (Lipinski definition) is 0. The summed E-state index contributed by atoms with van der Waals surface area (Å²) in [6.07, 6.45) is 4.78. The Morgan fingerprint density at radius 2 is 1.79 bits per heavy atom. The number of nitrogens with zero attached hydrogens (tertiary/aromatic N) is 1. The molecule has 1 aliphatic rings. The minimum atomic E-state index is 0. The van der Waals surface area contributed by atoms with E-state index in [-0.39, 0.29) is 12.4 Å². The first-order valence-corrected chi connectivity index (χ1v) is 5.07. The van der Waals surface area contributed by atoms with Crippen LogP contribution in [0.5, 0.6) is 0 Å². The van der Waals surface area contributed by atoms with Crippen molar-refractivity contribution in [3.63, 3.8) is 0 Å². The van der Waals surface area contributed by atoms with Gasteiger partial charge >= 0.3 is 0 Å². The number of halogens is 2. The van der Waals surface area contributed by atoms with Crippen molar-refractivity contribution >= 4 is 17.8 Å². The normalized spacial score (nSPS) is 15.1. The molecule has 0 unspecified atom stereocenters. The van der Waals surface area contributed by atoms with Gasteiger partial charge in [0.2, 0.25) is 0 Å². The predicted octanol–water partition coefficient (Wildman–Crippen LogP) is -0.431. The average molecular weight is 230 g/mol. The second-order valence-corrected chi connectivity index (χ2v) is 3.80. The molecule has 3 heteroatoms. The van der Waals surface area contributed by atoms with Crippen molar-refractivity contribution < 1.29 is 17.0 Å². The monoisotopic (exact) mass is 229 g/mol. The van der Waals surface area contributed by atoms with E-state index in [0.29, 0.717) is 0 Å². The molecule has 1 fully saturated rings. The predicted molar refractivity (Wildman–Crippen MR) is 55.8 cm³/mol. The summed E-state index contributed by atoms with van der Waals surface area (Å²) < 4.78 is 2.33. The van der Waals surface area contributed by atoms with E-state index in [1.165, 1.54) is 25.9 Å². The smallest absolute Gasteiger partial charge is 0.172 e. The van der Waals surface area contributed by atoms with Crippen LogP contribution < -0.4 is 12.4 Å². The summed E-state index contributed by atoms with van der Waals surface area (Å²) in [6.45, 7) is 2.34. The molecule has 0 spiro atoms. The van der Waals surface area contributed by atoms with E-state index in [4.69, 9.17) is 11.6 Å². The van der Waals surface area contributed by atoms with Crippen LogP contribution >= 0.6 is 11.6 Å². The fraction of sp³-hybridized carbons (Fsp3) is 0.364. The molecule has 76 valence electrons. The Bertz CT molecular complexity index is 326. The van der Waals surface area contributed by atoms with Crippen LogP contribution in [-0.4, -0.2) is 23.9 Å². The van der Waals surface area contributed by atoms with Gasteiger partial charge in [-0.15, -0.1) is 0 Å². The van der Waals surface area contributed by atoms with E-state index >= 15 is 0 Å². The summed E-state index contributed by atoms with van der Waals surface area (Å²) in [5, 5.41) is 0.842. The van der Waals surface area contributed by atoms with Crippen molar-refractivity contribution in [1.82, 2.24) is 0 Å². The minimum absolute atomic E-state index is 0. The Hall–Kier alpha value is -0.530. The molecule has 0 amide bonds. The molecule has 14 heavy (non-hydrogen) atoms. The topological polar surface area (TPSA) is 3.01 Å². The summed E-state index contributed by atoms with van der Waals surface area (Å²) in [4.78, 5) is 0. The van der Waals surface area contributed by atoms with Crippen LogP contribution in [0.2, 0.25) is 5.02 Å². The van der Waals surface area contributed by atoms with Crippen molar-refractivity contribution in [2.45, 2.75) is 12.8 Å². The summed E-state index contributed by atoms with van der Waals surface area (Å²) in [5.41, 5.74) is 1.13. The van der Waals surface area contributed by atoms with E-state index in [9.17, 15) is 0 Å². The molecule has 0 N–H and O–H groups in total. The number of rotatable bonds is 1. The highest BCUT2D eigenvalue weighted by atomic mass is 35.5. The van der Waals surface area contributed by atoms with Gasteiger partial charge in [-0.2, -0.15) is 0 Å². The maximum Gasteiger partial charge on any atom is 0.172 e. The van der Waals surface area contributed by atoms with E-state index in [2.05, 4.69) is 16.9 Å². The van der Waals surface area contributed by atoms with Gasteiger partial charge in [-0.3, -0.25) is 0 Å². The highest BCUT2D eigenvalue weighted by molar-refractivity contribution is 6.32. The summed E-state index contributed by atoms with van der Waals surface area (Å²) >= 11 is 6.04. The molecule has 1 saturated heterocycles. The summed E-state index contributed by atoms with van der Waals surface area (Å²) in [5.74, 6) is 0. The second kappa shape index (κ2) is 5.38. The first-order chi connectivity index (χ1) is 6.36. The molecule has 0 aromatic heterocycles. The van der Waals surface area contributed by atoms with Gasteiger partial charge in [-0.05, 0) is 12.1 Å². The molecule has 1 aromatic carbocycles. The standard InChI is InChI=1S/C11H13ClN.ClH/c12-11-6-2-1-5-10(11)9-13-7-3-4-8-13;/h1-2,5-6,9H,3-4,7-8H2;1H/q+1;/p-1. The molecule has 1 aliphatic heterocycles. The first-order valence-electron chi connectivity index (χ1n) is 4.70. The van der Waals surface area contributed by atoms with Crippen molar-refractivity contribution in [3.8, 4) is 0 Å². The highest BCUT2D eigenvalue weighted by Crippen LogP contribution is 2.13. The van der Waals surface area contributed by atoms with Gasteiger partial charge < -0.3 is 12.4 Å². The van der Waals surface area contributed by atoms with Crippen LogP contribution in [-0.2, 0) is 0 Å². The largest absolute Gasteiger partial charge is 1.00 e. The lowest BCUT2D eigenvalue weighted by molar-refractivity contribution is -0.500. The quantitative estimate of drug-likeness (QED) is 0.576. The third-order valence-electron chi connectivity index (χ3n) is 2.37. The molecule has 0 radical (unpaired) electrons. The van der Waals surface area contributed by atoms with Crippen molar-refractivity contribution in [2.24, 2.45) is 0 Å². The molecular formula is C11H13Cl2N. The molecule has 1 heterocycles. The second-order valence-electron chi connectivity index (χ2n) is 3.39. The van der Waals surface area contributed by atoms with Crippen molar-refractivity contribution in [2.75, 3.05) is 13.1 Å². The van der Waals surface area contributed by atoms with Gasteiger partial charge in [0.15, 0.2) is 6.21 Å². The Morgan fingerprint density at radius 1 is 1.14 bits per heavy atom. The van der Waals surface area contributed by atoms with Crippen LogP contribution in [0.4, 0.5) is 0 Å². The van der Waals surface area contributed by atoms with Gasteiger partial charge in [0.05, 0.1) is 10.6 Å². The number of benzene rings is 1. The van der Waals surface area contributed by atoms with Crippen molar-refractivity contribution in [3.05, 3.63) is 34.9 Å². The van der Waals surface area contributed by atoms with E-state index in [1.807, 2.05) is 18.2 Å². The Morgan fingerprint density at radius 3 is 2.43 bits per heavy atom. The molecule has 0 aliphatic carbocycles. The first kappa shape index (κ1) is 11.5. The fourth-order valence-corrected chi connectivity index (χ4v) is 1.83. The molecule has 1 nitrogen and oxygen atoms in total. The molecule has 0 bridgehead atoms. The lowest BCUT2D eigenvalue weighted by atomic mass is 10.2. The Kier molecular flexibility index (Phi) is 4.43. The van der Waals surface area contributed by atoms with Crippen LogP contribution in [0.15, 0.2) is 24.3 Å². The molecule has 0 atom stereocenters. The van der Waals surface area contributed by atoms with Gasteiger partial charge in [0, 0.05) is 12.8 Å². The Labute approximate surface area is 95.8 Å². The van der Waals surface area contributed by atoms with Crippen molar-refractivity contribution in [1.29, 1.82) is 0 Å². The molecule has 2 rings (SSSR count). The van der Waals surface area contributed by atoms with Gasteiger partial charge in [0.1, 0.15) is 13.1 Å². The molecule has 1 aromatic rings. The van der Waals surface area contributed by atoms with E-state index < -0.39 is 0 Å². The molecular weight excluding hydrogens is 217 g/mol. The summed E-state index contributed by atoms with van der Waals surface area (Å²) in [6, 6.07) is 7.97. The van der Waals surface area contributed by atoms with Gasteiger partial charge in [-0.1, -0.05) is 23.7 Å². The third-order valence-corrected chi connectivity index (χ3v) is 2.71. The maximum atomic E-state index is 6.04. The number of hydrogen-bond donors (Lipinski definition) is 0. The highest BCUT2D eigenvalue weighted by Gasteiger charge is 2.12. The SMILES string of the molecule is Clc1ccccc1C=[N+]1CCCC1.[Cl-]. The lowest BCUT2D eigenvalue weighted by Crippen LogP contribution is -3.00. The fourth-order valence-electron chi connectivity index (χ4n) is 1.65. The van der Waals surface area contributed by atoms with E-state index in [1.54, 1.807) is 0 Å². The minimum Gasteiger partial charge on any atom is -1.00 e. The van der Waals surface area contributed by atoms with Crippen LogP contribution in [0.25, 0.3) is 0 Å². The van der Waals surface area contributed by atoms with Crippen LogP contribution in [0.3, 0.4) is 0 Å².